The summed E-state index contributed by atoms with van der Waals surface area (Å²) in [6.45, 7) is 3.28. The number of nitrogens with zero attached hydrogens (tertiary/aromatic N) is 3. The molecule has 0 bridgehead atoms. The van der Waals surface area contributed by atoms with Crippen LogP contribution in [0.1, 0.15) is 31.5 Å². The van der Waals surface area contributed by atoms with Gasteiger partial charge in [0.15, 0.2) is 0 Å². The molecule has 1 aromatic rings. The largest absolute Gasteiger partial charge is 0.338 e. The number of amides is 1. The molecular formula is C14H24N4O3S. The first-order valence-corrected chi connectivity index (χ1v) is 9.48. The van der Waals surface area contributed by atoms with Crippen LogP contribution in [0.3, 0.4) is 0 Å². The molecule has 1 fully saturated rings. The number of nitrogens with one attached hydrogen (secondary N) is 1. The van der Waals surface area contributed by atoms with Gasteiger partial charge < -0.3 is 9.47 Å². The average molecular weight is 328 g/mol. The van der Waals surface area contributed by atoms with Gasteiger partial charge in [0.25, 0.3) is 0 Å². The Morgan fingerprint density at radius 2 is 2.23 bits per heavy atom. The summed E-state index contributed by atoms with van der Waals surface area (Å²) in [5.41, 5.74) is 0. The number of carbonyl (C=O) groups is 1. The van der Waals surface area contributed by atoms with Crippen LogP contribution in [-0.2, 0) is 21.4 Å². The van der Waals surface area contributed by atoms with E-state index in [4.69, 9.17) is 0 Å². The highest BCUT2D eigenvalue weighted by Gasteiger charge is 2.26. The number of rotatable bonds is 6. The predicted octanol–water partition coefficient (Wildman–Crippen LogP) is 0.512. The molecule has 0 radical (unpaired) electrons. The lowest BCUT2D eigenvalue weighted by atomic mass is 9.99. The lowest BCUT2D eigenvalue weighted by Crippen LogP contribution is -2.46. The Hall–Kier alpha value is -1.41. The van der Waals surface area contributed by atoms with Crippen LogP contribution in [0.15, 0.2) is 12.4 Å². The summed E-state index contributed by atoms with van der Waals surface area (Å²) < 4.78 is 26.6. The molecule has 1 amide bonds. The van der Waals surface area contributed by atoms with Crippen molar-refractivity contribution in [3.8, 4) is 0 Å². The Bertz CT molecular complexity index is 611. The van der Waals surface area contributed by atoms with Crippen molar-refractivity contribution in [1.82, 2.24) is 19.2 Å². The van der Waals surface area contributed by atoms with Gasteiger partial charge in [-0.2, -0.15) is 0 Å². The highest BCUT2D eigenvalue weighted by molar-refractivity contribution is 7.88. The first kappa shape index (κ1) is 17.0. The molecule has 124 valence electrons. The van der Waals surface area contributed by atoms with Gasteiger partial charge in [0.1, 0.15) is 12.4 Å². The fraction of sp³-hybridized carbons (Fsp3) is 0.714. The minimum Gasteiger partial charge on any atom is -0.338 e. The van der Waals surface area contributed by atoms with Crippen molar-refractivity contribution < 1.29 is 13.2 Å². The van der Waals surface area contributed by atoms with Crippen LogP contribution in [0.25, 0.3) is 0 Å². The van der Waals surface area contributed by atoms with Gasteiger partial charge >= 0.3 is 0 Å². The maximum Gasteiger partial charge on any atom is 0.242 e. The van der Waals surface area contributed by atoms with E-state index in [9.17, 15) is 13.2 Å². The van der Waals surface area contributed by atoms with Gasteiger partial charge in [-0.1, -0.05) is 0 Å². The molecule has 0 saturated carbocycles. The van der Waals surface area contributed by atoms with E-state index >= 15 is 0 Å². The van der Waals surface area contributed by atoms with Crippen LogP contribution in [0.4, 0.5) is 0 Å². The van der Waals surface area contributed by atoms with Gasteiger partial charge in [-0.3, -0.25) is 4.79 Å². The van der Waals surface area contributed by atoms with E-state index < -0.39 is 10.0 Å². The quantitative estimate of drug-likeness (QED) is 0.825. The van der Waals surface area contributed by atoms with Gasteiger partial charge in [0.2, 0.25) is 15.9 Å². The van der Waals surface area contributed by atoms with Crippen molar-refractivity contribution >= 4 is 15.9 Å². The van der Waals surface area contributed by atoms with Crippen LogP contribution < -0.4 is 4.72 Å². The van der Waals surface area contributed by atoms with Crippen molar-refractivity contribution in [3.63, 3.8) is 0 Å². The van der Waals surface area contributed by atoms with Crippen molar-refractivity contribution in [2.24, 2.45) is 0 Å². The Balaban J connectivity index is 1.94. The summed E-state index contributed by atoms with van der Waals surface area (Å²) in [4.78, 5) is 18.5. The molecule has 8 heteroatoms. The summed E-state index contributed by atoms with van der Waals surface area (Å²) in [5.74, 6) is 0.894. The number of piperidine rings is 1. The van der Waals surface area contributed by atoms with Crippen LogP contribution >= 0.6 is 0 Å². The SMILES string of the molecule is Cc1nccn1CC(=O)N1CCCCC1CCNS(C)(=O)=O. The maximum atomic E-state index is 12.5. The van der Waals surface area contributed by atoms with Crippen LogP contribution in [0.2, 0.25) is 0 Å². The van der Waals surface area contributed by atoms with E-state index in [0.717, 1.165) is 37.9 Å². The number of hydrogen-bond acceptors (Lipinski definition) is 4. The third-order valence-corrected chi connectivity index (χ3v) is 4.75. The topological polar surface area (TPSA) is 84.3 Å². The third-order valence-electron chi connectivity index (χ3n) is 4.02. The van der Waals surface area contributed by atoms with Gasteiger partial charge in [-0.15, -0.1) is 0 Å². The van der Waals surface area contributed by atoms with E-state index in [2.05, 4.69) is 9.71 Å². The Morgan fingerprint density at radius 3 is 2.86 bits per heavy atom. The molecule has 1 aliphatic rings. The monoisotopic (exact) mass is 328 g/mol. The second-order valence-electron chi connectivity index (χ2n) is 5.79. The molecule has 1 aromatic heterocycles. The fourth-order valence-corrected chi connectivity index (χ4v) is 3.34. The van der Waals surface area contributed by atoms with E-state index in [1.807, 2.05) is 16.4 Å². The Labute approximate surface area is 131 Å². The molecule has 1 unspecified atom stereocenters. The number of aromatic nitrogens is 2. The standard InChI is InChI=1S/C14H24N4O3S/c1-12-15-8-10-17(12)11-14(19)18-9-4-3-5-13(18)6-7-16-22(2,20)21/h8,10,13,16H,3-7,9,11H2,1-2H3. The Morgan fingerprint density at radius 1 is 1.45 bits per heavy atom. The summed E-state index contributed by atoms with van der Waals surface area (Å²) >= 11 is 0. The summed E-state index contributed by atoms with van der Waals surface area (Å²) in [5, 5.41) is 0. The molecular weight excluding hydrogens is 304 g/mol. The first-order chi connectivity index (χ1) is 10.4. The fourth-order valence-electron chi connectivity index (χ4n) is 2.85. The highest BCUT2D eigenvalue weighted by Crippen LogP contribution is 2.20. The van der Waals surface area contributed by atoms with Crippen LogP contribution in [0.5, 0.6) is 0 Å². The molecule has 1 atom stereocenters. The average Bonchev–Trinajstić information content (AvgIpc) is 2.83. The molecule has 0 spiro atoms. The second kappa shape index (κ2) is 7.23. The van der Waals surface area contributed by atoms with Gasteiger partial charge in [0, 0.05) is 31.5 Å². The van der Waals surface area contributed by atoms with Gasteiger partial charge in [0.05, 0.1) is 6.26 Å². The molecule has 2 heterocycles. The van der Waals surface area contributed by atoms with E-state index in [1.165, 1.54) is 0 Å². The number of carbonyl (C=O) groups excluding carboxylic acids is 1. The number of likely N-dealkylation sites (tertiary alicyclic amines) is 1. The smallest absolute Gasteiger partial charge is 0.242 e. The minimum atomic E-state index is -3.18. The number of sulfonamides is 1. The third kappa shape index (κ3) is 4.81. The van der Waals surface area contributed by atoms with E-state index in [-0.39, 0.29) is 11.9 Å². The van der Waals surface area contributed by atoms with E-state index in [0.29, 0.717) is 19.5 Å². The molecule has 1 aliphatic heterocycles. The van der Waals surface area contributed by atoms with Crippen molar-refractivity contribution in [2.75, 3.05) is 19.3 Å². The zero-order chi connectivity index (χ0) is 16.2. The summed E-state index contributed by atoms with van der Waals surface area (Å²) in [6, 6.07) is 0.110. The van der Waals surface area contributed by atoms with Gasteiger partial charge in [-0.25, -0.2) is 18.1 Å². The van der Waals surface area contributed by atoms with E-state index in [1.54, 1.807) is 12.4 Å². The summed E-state index contributed by atoms with van der Waals surface area (Å²) in [7, 11) is -3.18. The van der Waals surface area contributed by atoms with Gasteiger partial charge in [-0.05, 0) is 32.6 Å². The lowest BCUT2D eigenvalue weighted by molar-refractivity contribution is -0.135. The van der Waals surface area contributed by atoms with Crippen molar-refractivity contribution in [2.45, 2.75) is 45.2 Å². The lowest BCUT2D eigenvalue weighted by Gasteiger charge is -2.36. The number of hydrogen-bond donors (Lipinski definition) is 1. The molecule has 0 aliphatic carbocycles. The molecule has 1 saturated heterocycles. The zero-order valence-electron chi connectivity index (χ0n) is 13.2. The van der Waals surface area contributed by atoms with Crippen molar-refractivity contribution in [1.29, 1.82) is 0 Å². The number of imidazole rings is 1. The summed E-state index contributed by atoms with van der Waals surface area (Å²) in [6.07, 6.45) is 8.31. The minimum absolute atomic E-state index is 0.0742. The van der Waals surface area contributed by atoms with Crippen LogP contribution in [0, 0.1) is 6.92 Å². The highest BCUT2D eigenvalue weighted by atomic mass is 32.2. The molecule has 22 heavy (non-hydrogen) atoms. The molecule has 7 nitrogen and oxygen atoms in total. The van der Waals surface area contributed by atoms with Crippen molar-refractivity contribution in [3.05, 3.63) is 18.2 Å². The zero-order valence-corrected chi connectivity index (χ0v) is 14.0. The van der Waals surface area contributed by atoms with Crippen LogP contribution in [-0.4, -0.2) is 54.2 Å². The maximum absolute atomic E-state index is 12.5. The number of aryl methyl sites for hydroxylation is 1. The second-order valence-corrected chi connectivity index (χ2v) is 7.63. The Kier molecular flexibility index (Phi) is 5.57. The molecule has 2 rings (SSSR count). The first-order valence-electron chi connectivity index (χ1n) is 7.58. The normalized spacial score (nSPS) is 19.4. The predicted molar refractivity (Wildman–Crippen MR) is 83.8 cm³/mol. The molecule has 1 N–H and O–H groups in total. The molecule has 0 aromatic carbocycles.